The zero-order chi connectivity index (χ0) is 11.7. The maximum Gasteiger partial charge on any atom is 0.128 e. The van der Waals surface area contributed by atoms with Crippen LogP contribution < -0.4 is 0 Å². The molecule has 0 N–H and O–H groups in total. The molecule has 0 radical (unpaired) electrons. The Hall–Kier alpha value is -0.610. The van der Waals surface area contributed by atoms with Crippen LogP contribution in [-0.2, 0) is 12.8 Å². The first-order valence-corrected chi connectivity index (χ1v) is 8.08. The number of nitrogens with zero attached hydrogens (tertiary/aromatic N) is 2. The molecule has 1 aliphatic rings. The van der Waals surface area contributed by atoms with E-state index in [2.05, 4.69) is 16.9 Å². The third kappa shape index (κ3) is 2.08. The van der Waals surface area contributed by atoms with Crippen molar-refractivity contribution in [2.75, 3.05) is 5.75 Å². The Morgan fingerprint density at radius 2 is 2.18 bits per heavy atom. The number of rotatable bonds is 3. The highest BCUT2D eigenvalue weighted by molar-refractivity contribution is 7.99. The molecular formula is C13H16N2S2. The fourth-order valence-electron chi connectivity index (χ4n) is 2.37. The number of fused-ring (bicyclic) bond motifs is 3. The van der Waals surface area contributed by atoms with Crippen LogP contribution in [0.2, 0.25) is 0 Å². The molecule has 0 bridgehead atoms. The third-order valence-corrected chi connectivity index (χ3v) is 5.55. The van der Waals surface area contributed by atoms with Crippen LogP contribution in [0.4, 0.5) is 0 Å². The Kier molecular flexibility index (Phi) is 3.34. The molecule has 0 unspecified atom stereocenters. The number of hydrogen-bond donors (Lipinski definition) is 0. The molecule has 2 nitrogen and oxygen atoms in total. The Bertz CT molecular complexity index is 533. The number of thiophene rings is 1. The van der Waals surface area contributed by atoms with E-state index in [1.807, 2.05) is 23.1 Å². The van der Waals surface area contributed by atoms with Crippen LogP contribution in [0.1, 0.15) is 36.6 Å². The van der Waals surface area contributed by atoms with Gasteiger partial charge in [0.25, 0.3) is 0 Å². The van der Waals surface area contributed by atoms with Crippen LogP contribution in [0.5, 0.6) is 0 Å². The van der Waals surface area contributed by atoms with Gasteiger partial charge in [0.2, 0.25) is 0 Å². The van der Waals surface area contributed by atoms with Gasteiger partial charge in [-0.05, 0) is 43.4 Å². The topological polar surface area (TPSA) is 25.8 Å². The van der Waals surface area contributed by atoms with Gasteiger partial charge in [-0.15, -0.1) is 23.1 Å². The zero-order valence-electron chi connectivity index (χ0n) is 10.0. The van der Waals surface area contributed by atoms with E-state index >= 15 is 0 Å². The smallest absolute Gasteiger partial charge is 0.128 e. The molecule has 0 saturated carbocycles. The summed E-state index contributed by atoms with van der Waals surface area (Å²) >= 11 is 3.77. The van der Waals surface area contributed by atoms with Crippen LogP contribution in [0.15, 0.2) is 11.4 Å². The molecule has 17 heavy (non-hydrogen) atoms. The summed E-state index contributed by atoms with van der Waals surface area (Å²) in [7, 11) is 0. The summed E-state index contributed by atoms with van der Waals surface area (Å²) in [4.78, 5) is 11.7. The molecule has 0 aromatic carbocycles. The first kappa shape index (κ1) is 11.5. The van der Waals surface area contributed by atoms with E-state index in [0.717, 1.165) is 5.75 Å². The van der Waals surface area contributed by atoms with Gasteiger partial charge in [-0.1, -0.05) is 6.92 Å². The number of hydrogen-bond acceptors (Lipinski definition) is 4. The second kappa shape index (κ2) is 4.94. The molecule has 90 valence electrons. The Balaban J connectivity index is 2.12. The molecule has 0 saturated heterocycles. The quantitative estimate of drug-likeness (QED) is 0.617. The minimum atomic E-state index is 1.15. The number of aryl methyl sites for hydroxylation is 2. The van der Waals surface area contributed by atoms with Crippen molar-refractivity contribution < 1.29 is 0 Å². The lowest BCUT2D eigenvalue weighted by atomic mass is 9.97. The highest BCUT2D eigenvalue weighted by Gasteiger charge is 2.19. The van der Waals surface area contributed by atoms with E-state index < -0.39 is 0 Å². The minimum absolute atomic E-state index is 1.15. The van der Waals surface area contributed by atoms with Crippen molar-refractivity contribution in [2.45, 2.75) is 44.1 Å². The van der Waals surface area contributed by atoms with Crippen molar-refractivity contribution in [1.82, 2.24) is 9.97 Å². The monoisotopic (exact) mass is 264 g/mol. The molecule has 2 heterocycles. The third-order valence-electron chi connectivity index (χ3n) is 3.16. The van der Waals surface area contributed by atoms with Gasteiger partial charge < -0.3 is 0 Å². The molecule has 2 aromatic heterocycles. The molecule has 0 aliphatic heterocycles. The van der Waals surface area contributed by atoms with Crippen LogP contribution in [0.25, 0.3) is 10.2 Å². The second-order valence-electron chi connectivity index (χ2n) is 4.42. The Labute approximate surface area is 110 Å². The van der Waals surface area contributed by atoms with Gasteiger partial charge in [-0.25, -0.2) is 9.97 Å². The maximum atomic E-state index is 4.48. The fraction of sp³-hybridized carbons (Fsp3) is 0.538. The predicted molar refractivity (Wildman–Crippen MR) is 75.1 cm³/mol. The van der Waals surface area contributed by atoms with Crippen LogP contribution in [0.3, 0.4) is 0 Å². The van der Waals surface area contributed by atoms with Crippen molar-refractivity contribution in [3.8, 4) is 0 Å². The van der Waals surface area contributed by atoms with Crippen molar-refractivity contribution >= 4 is 33.3 Å². The summed E-state index contributed by atoms with van der Waals surface area (Å²) in [6, 6.07) is 0. The fourth-order valence-corrected chi connectivity index (χ4v) is 4.55. The molecule has 3 rings (SSSR count). The summed E-state index contributed by atoms with van der Waals surface area (Å²) in [5.74, 6) is 1.15. The van der Waals surface area contributed by atoms with E-state index in [4.69, 9.17) is 0 Å². The lowest BCUT2D eigenvalue weighted by Gasteiger charge is -2.11. The lowest BCUT2D eigenvalue weighted by Crippen LogP contribution is -1.99. The largest absolute Gasteiger partial charge is 0.229 e. The van der Waals surface area contributed by atoms with Crippen LogP contribution in [0, 0.1) is 0 Å². The van der Waals surface area contributed by atoms with Gasteiger partial charge in [-0.3, -0.25) is 0 Å². The first-order valence-electron chi connectivity index (χ1n) is 6.28. The molecular weight excluding hydrogens is 248 g/mol. The van der Waals surface area contributed by atoms with E-state index in [9.17, 15) is 0 Å². The average Bonchev–Trinajstić information content (AvgIpc) is 2.75. The maximum absolute atomic E-state index is 4.48. The summed E-state index contributed by atoms with van der Waals surface area (Å²) in [5.41, 5.74) is 1.55. The Morgan fingerprint density at radius 3 is 3.06 bits per heavy atom. The predicted octanol–water partition coefficient (Wildman–Crippen LogP) is 4.07. The summed E-state index contributed by atoms with van der Waals surface area (Å²) in [6.07, 6.45) is 8.05. The van der Waals surface area contributed by atoms with Gasteiger partial charge in [-0.2, -0.15) is 0 Å². The second-order valence-corrected chi connectivity index (χ2v) is 6.59. The van der Waals surface area contributed by atoms with Gasteiger partial charge in [0.05, 0.1) is 0 Å². The van der Waals surface area contributed by atoms with E-state index in [1.165, 1.54) is 47.3 Å². The zero-order valence-corrected chi connectivity index (χ0v) is 11.7. The molecule has 0 fully saturated rings. The number of thioether (sulfide) groups is 1. The summed E-state index contributed by atoms with van der Waals surface area (Å²) in [6.45, 7) is 2.22. The molecule has 0 amide bonds. The van der Waals surface area contributed by atoms with Gasteiger partial charge in [0.1, 0.15) is 16.2 Å². The number of aromatic nitrogens is 2. The average molecular weight is 264 g/mol. The molecule has 0 atom stereocenters. The SMILES string of the molecule is CCCSc1ncnc2sc3c(c12)CCCC3. The van der Waals surface area contributed by atoms with Gasteiger partial charge in [0.15, 0.2) is 0 Å². The van der Waals surface area contributed by atoms with Gasteiger partial charge >= 0.3 is 0 Å². The Morgan fingerprint density at radius 1 is 1.29 bits per heavy atom. The van der Waals surface area contributed by atoms with Crippen LogP contribution >= 0.6 is 23.1 Å². The van der Waals surface area contributed by atoms with Crippen molar-refractivity contribution in [3.63, 3.8) is 0 Å². The molecule has 2 aromatic rings. The van der Waals surface area contributed by atoms with Crippen molar-refractivity contribution in [1.29, 1.82) is 0 Å². The minimum Gasteiger partial charge on any atom is -0.229 e. The summed E-state index contributed by atoms with van der Waals surface area (Å²) < 4.78 is 0. The molecule has 0 spiro atoms. The van der Waals surface area contributed by atoms with Crippen molar-refractivity contribution in [3.05, 3.63) is 16.8 Å². The highest BCUT2D eigenvalue weighted by atomic mass is 32.2. The lowest BCUT2D eigenvalue weighted by molar-refractivity contribution is 0.699. The standard InChI is InChI=1S/C13H16N2S2/c1-2-7-16-12-11-9-5-3-4-6-10(9)17-13(11)15-8-14-12/h8H,2-7H2,1H3. The van der Waals surface area contributed by atoms with Crippen molar-refractivity contribution in [2.24, 2.45) is 0 Å². The van der Waals surface area contributed by atoms with Gasteiger partial charge in [0, 0.05) is 10.3 Å². The van der Waals surface area contributed by atoms with E-state index in [1.54, 1.807) is 16.8 Å². The van der Waals surface area contributed by atoms with E-state index in [0.29, 0.717) is 0 Å². The normalized spacial score (nSPS) is 15.1. The first-order chi connectivity index (χ1) is 8.40. The van der Waals surface area contributed by atoms with E-state index in [-0.39, 0.29) is 0 Å². The molecule has 1 aliphatic carbocycles. The summed E-state index contributed by atoms with van der Waals surface area (Å²) in [5, 5.41) is 2.57. The molecule has 4 heteroatoms. The highest BCUT2D eigenvalue weighted by Crippen LogP contribution is 2.39. The van der Waals surface area contributed by atoms with Crippen LogP contribution in [-0.4, -0.2) is 15.7 Å².